The van der Waals surface area contributed by atoms with Crippen molar-refractivity contribution in [2.75, 3.05) is 25.4 Å². The summed E-state index contributed by atoms with van der Waals surface area (Å²) in [6, 6.07) is 11.5. The van der Waals surface area contributed by atoms with Gasteiger partial charge in [-0.15, -0.1) is 0 Å². The Hall–Kier alpha value is -3.03. The van der Waals surface area contributed by atoms with Gasteiger partial charge in [0.2, 0.25) is 11.9 Å². The fourth-order valence-corrected chi connectivity index (χ4v) is 3.62. The number of nitrogens with zero attached hydrogens (tertiary/aromatic N) is 4. The number of morpholine rings is 1. The SMILES string of the molecule is Nc1ncc(-c2ccc(C3CN(C(=O)CCc4cccc(Cl)c4)CCO3)nc2)cn1. The molecule has 0 bridgehead atoms. The first-order valence-corrected chi connectivity index (χ1v) is 10.1. The summed E-state index contributed by atoms with van der Waals surface area (Å²) in [7, 11) is 0. The molecule has 1 atom stereocenters. The normalized spacial score (nSPS) is 16.4. The molecule has 1 saturated heterocycles. The molecule has 0 saturated carbocycles. The molecule has 8 heteroatoms. The summed E-state index contributed by atoms with van der Waals surface area (Å²) >= 11 is 6.02. The minimum atomic E-state index is -0.245. The molecule has 1 amide bonds. The van der Waals surface area contributed by atoms with Crippen LogP contribution in [0.25, 0.3) is 11.1 Å². The van der Waals surface area contributed by atoms with Crippen molar-refractivity contribution in [2.24, 2.45) is 0 Å². The van der Waals surface area contributed by atoms with Gasteiger partial charge >= 0.3 is 0 Å². The highest BCUT2D eigenvalue weighted by Crippen LogP contribution is 2.24. The number of benzene rings is 1. The first kappa shape index (κ1) is 20.3. The number of carbonyl (C=O) groups is 1. The molecule has 2 N–H and O–H groups in total. The summed E-state index contributed by atoms with van der Waals surface area (Å²) < 4.78 is 5.87. The number of pyridine rings is 1. The highest BCUT2D eigenvalue weighted by atomic mass is 35.5. The second kappa shape index (κ2) is 9.19. The molecule has 1 unspecified atom stereocenters. The van der Waals surface area contributed by atoms with E-state index in [1.54, 1.807) is 18.6 Å². The summed E-state index contributed by atoms with van der Waals surface area (Å²) in [5.41, 5.74) is 9.12. The summed E-state index contributed by atoms with van der Waals surface area (Å²) in [6.07, 6.45) is 5.94. The highest BCUT2D eigenvalue weighted by Gasteiger charge is 2.26. The van der Waals surface area contributed by atoms with Crippen LogP contribution in [0.5, 0.6) is 0 Å². The zero-order valence-electron chi connectivity index (χ0n) is 16.4. The zero-order valence-corrected chi connectivity index (χ0v) is 17.1. The Bertz CT molecular complexity index is 1010. The van der Waals surface area contributed by atoms with Crippen molar-refractivity contribution < 1.29 is 9.53 Å². The van der Waals surface area contributed by atoms with Crippen LogP contribution >= 0.6 is 11.6 Å². The number of nitrogens with two attached hydrogens (primary N) is 1. The molecule has 3 aromatic rings. The molecule has 2 aromatic heterocycles. The van der Waals surface area contributed by atoms with E-state index < -0.39 is 0 Å². The number of rotatable bonds is 5. The number of aromatic nitrogens is 3. The number of aryl methyl sites for hydroxylation is 1. The lowest BCUT2D eigenvalue weighted by Gasteiger charge is -2.32. The van der Waals surface area contributed by atoms with Gasteiger partial charge in [0.1, 0.15) is 6.10 Å². The van der Waals surface area contributed by atoms with E-state index in [0.29, 0.717) is 37.6 Å². The van der Waals surface area contributed by atoms with Crippen molar-refractivity contribution in [1.29, 1.82) is 0 Å². The van der Waals surface area contributed by atoms with Gasteiger partial charge < -0.3 is 15.4 Å². The van der Waals surface area contributed by atoms with Gasteiger partial charge in [-0.05, 0) is 30.2 Å². The number of ether oxygens (including phenoxy) is 1. The number of hydrogen-bond donors (Lipinski definition) is 1. The average Bonchev–Trinajstić information content (AvgIpc) is 2.78. The average molecular weight is 424 g/mol. The monoisotopic (exact) mass is 423 g/mol. The third kappa shape index (κ3) is 4.93. The van der Waals surface area contributed by atoms with Crippen LogP contribution in [-0.4, -0.2) is 45.5 Å². The van der Waals surface area contributed by atoms with Crippen LogP contribution in [0.4, 0.5) is 5.95 Å². The van der Waals surface area contributed by atoms with E-state index in [4.69, 9.17) is 22.1 Å². The minimum absolute atomic E-state index is 0.110. The summed E-state index contributed by atoms with van der Waals surface area (Å²) in [4.78, 5) is 27.1. The number of anilines is 1. The molecule has 30 heavy (non-hydrogen) atoms. The topological polar surface area (TPSA) is 94.2 Å². The van der Waals surface area contributed by atoms with Crippen molar-refractivity contribution in [3.8, 4) is 11.1 Å². The second-order valence-corrected chi connectivity index (χ2v) is 7.57. The molecule has 0 spiro atoms. The molecule has 154 valence electrons. The lowest BCUT2D eigenvalue weighted by atomic mass is 10.1. The maximum atomic E-state index is 12.7. The van der Waals surface area contributed by atoms with E-state index in [1.165, 1.54) is 0 Å². The molecule has 1 aliphatic heterocycles. The van der Waals surface area contributed by atoms with Crippen molar-refractivity contribution in [2.45, 2.75) is 18.9 Å². The third-order valence-corrected chi connectivity index (χ3v) is 5.29. The first-order chi connectivity index (χ1) is 14.6. The van der Waals surface area contributed by atoms with Crippen molar-refractivity contribution in [3.63, 3.8) is 0 Å². The molecule has 1 aliphatic rings. The van der Waals surface area contributed by atoms with E-state index in [1.807, 2.05) is 41.3 Å². The third-order valence-electron chi connectivity index (χ3n) is 5.06. The molecule has 1 fully saturated rings. The predicted octanol–water partition coefficient (Wildman–Crippen LogP) is 3.31. The van der Waals surface area contributed by atoms with Crippen LogP contribution < -0.4 is 5.73 Å². The van der Waals surface area contributed by atoms with Gasteiger partial charge in [0.25, 0.3) is 0 Å². The second-order valence-electron chi connectivity index (χ2n) is 7.13. The Morgan fingerprint density at radius 1 is 1.13 bits per heavy atom. The molecular formula is C22H22ClN5O2. The van der Waals surface area contributed by atoms with Crippen LogP contribution in [0, 0.1) is 0 Å². The quantitative estimate of drug-likeness (QED) is 0.676. The highest BCUT2D eigenvalue weighted by molar-refractivity contribution is 6.30. The van der Waals surface area contributed by atoms with Gasteiger partial charge in [0, 0.05) is 47.7 Å². The molecular weight excluding hydrogens is 402 g/mol. The number of halogens is 1. The molecule has 7 nitrogen and oxygen atoms in total. The van der Waals surface area contributed by atoms with Gasteiger partial charge in [0.05, 0.1) is 18.8 Å². The lowest BCUT2D eigenvalue weighted by molar-refractivity contribution is -0.139. The maximum Gasteiger partial charge on any atom is 0.223 e. The fraction of sp³-hybridized carbons (Fsp3) is 0.273. The maximum absolute atomic E-state index is 12.7. The summed E-state index contributed by atoms with van der Waals surface area (Å²) in [5.74, 6) is 0.345. The van der Waals surface area contributed by atoms with E-state index in [-0.39, 0.29) is 18.0 Å². The van der Waals surface area contributed by atoms with Gasteiger partial charge in [-0.25, -0.2) is 9.97 Å². The van der Waals surface area contributed by atoms with Crippen LogP contribution in [-0.2, 0) is 16.0 Å². The minimum Gasteiger partial charge on any atom is -0.368 e. The smallest absolute Gasteiger partial charge is 0.223 e. The summed E-state index contributed by atoms with van der Waals surface area (Å²) in [6.45, 7) is 1.57. The Labute approximate surface area is 179 Å². The predicted molar refractivity (Wildman–Crippen MR) is 115 cm³/mol. The Kier molecular flexibility index (Phi) is 6.21. The summed E-state index contributed by atoms with van der Waals surface area (Å²) in [5, 5.41) is 0.687. The fourth-order valence-electron chi connectivity index (χ4n) is 3.41. The molecule has 4 rings (SSSR count). The van der Waals surface area contributed by atoms with Crippen LogP contribution in [0.2, 0.25) is 5.02 Å². The standard InChI is InChI=1S/C22H22ClN5O2/c23-18-3-1-2-15(10-18)4-7-21(29)28-8-9-30-20(14-28)19-6-5-16(11-25-19)17-12-26-22(24)27-13-17/h1-3,5-6,10-13,20H,4,7-9,14H2,(H2,24,26,27). The first-order valence-electron chi connectivity index (χ1n) is 9.76. The number of nitrogen functional groups attached to an aromatic ring is 1. The van der Waals surface area contributed by atoms with Crippen LogP contribution in [0.1, 0.15) is 23.8 Å². The Morgan fingerprint density at radius 3 is 2.67 bits per heavy atom. The van der Waals surface area contributed by atoms with E-state index in [9.17, 15) is 4.79 Å². The lowest BCUT2D eigenvalue weighted by Crippen LogP contribution is -2.42. The molecule has 3 heterocycles. The number of hydrogen-bond acceptors (Lipinski definition) is 6. The Morgan fingerprint density at radius 2 is 1.93 bits per heavy atom. The molecule has 0 aliphatic carbocycles. The molecule has 0 radical (unpaired) electrons. The van der Waals surface area contributed by atoms with Crippen molar-refractivity contribution in [1.82, 2.24) is 19.9 Å². The van der Waals surface area contributed by atoms with Gasteiger partial charge in [-0.1, -0.05) is 29.8 Å². The van der Waals surface area contributed by atoms with Crippen molar-refractivity contribution >= 4 is 23.5 Å². The van der Waals surface area contributed by atoms with Gasteiger partial charge in [-0.3, -0.25) is 9.78 Å². The van der Waals surface area contributed by atoms with E-state index >= 15 is 0 Å². The van der Waals surface area contributed by atoms with Crippen molar-refractivity contribution in [3.05, 3.63) is 71.3 Å². The largest absolute Gasteiger partial charge is 0.368 e. The van der Waals surface area contributed by atoms with E-state index in [2.05, 4.69) is 15.0 Å². The van der Waals surface area contributed by atoms with Gasteiger partial charge in [0.15, 0.2) is 0 Å². The number of carbonyl (C=O) groups excluding carboxylic acids is 1. The Balaban J connectivity index is 1.37. The number of amides is 1. The van der Waals surface area contributed by atoms with Crippen LogP contribution in [0.15, 0.2) is 55.0 Å². The molecule has 1 aromatic carbocycles. The van der Waals surface area contributed by atoms with Gasteiger partial charge in [-0.2, -0.15) is 0 Å². The van der Waals surface area contributed by atoms with E-state index in [0.717, 1.165) is 22.4 Å². The zero-order chi connectivity index (χ0) is 20.9. The van der Waals surface area contributed by atoms with Crippen LogP contribution in [0.3, 0.4) is 0 Å².